The Bertz CT molecular complexity index is 753. The number of anilines is 1. The van der Waals surface area contributed by atoms with E-state index in [9.17, 15) is 14.4 Å². The van der Waals surface area contributed by atoms with Crippen LogP contribution in [0.25, 0.3) is 0 Å². The average Bonchev–Trinajstić information content (AvgIpc) is 3.25. The fourth-order valence-corrected chi connectivity index (χ4v) is 3.76. The molecule has 2 aliphatic heterocycles. The summed E-state index contributed by atoms with van der Waals surface area (Å²) in [5.74, 6) is -0.327. The molecule has 0 saturated carbocycles. The number of carbonyl (C=O) groups excluding carboxylic acids is 3. The smallest absolute Gasteiger partial charge is 0.337 e. The van der Waals surface area contributed by atoms with Gasteiger partial charge in [0, 0.05) is 45.0 Å². The van der Waals surface area contributed by atoms with E-state index in [1.165, 1.54) is 7.11 Å². The molecule has 2 heterocycles. The van der Waals surface area contributed by atoms with E-state index in [0.717, 1.165) is 57.7 Å². The Labute approximate surface area is 171 Å². The van der Waals surface area contributed by atoms with Crippen molar-refractivity contribution in [2.75, 3.05) is 64.8 Å². The molecule has 158 valence electrons. The summed E-state index contributed by atoms with van der Waals surface area (Å²) in [6, 6.07) is 5.11. The Balaban J connectivity index is 1.45. The zero-order chi connectivity index (χ0) is 20.8. The molecule has 0 radical (unpaired) electrons. The van der Waals surface area contributed by atoms with Gasteiger partial charge in [0.15, 0.2) is 0 Å². The minimum Gasteiger partial charge on any atom is -0.465 e. The Hall–Kier alpha value is -2.45. The number of piperazine rings is 1. The largest absolute Gasteiger partial charge is 0.465 e. The monoisotopic (exact) mass is 402 g/mol. The van der Waals surface area contributed by atoms with Gasteiger partial charge in [0.05, 0.1) is 25.8 Å². The number of aryl methyl sites for hydroxylation is 1. The Morgan fingerprint density at radius 1 is 0.966 bits per heavy atom. The number of likely N-dealkylation sites (tertiary alicyclic amines) is 1. The first-order chi connectivity index (χ1) is 14.0. The summed E-state index contributed by atoms with van der Waals surface area (Å²) >= 11 is 0. The second-order valence-electron chi connectivity index (χ2n) is 7.71. The number of methoxy groups -OCH3 is 1. The molecule has 2 amide bonds. The first-order valence-corrected chi connectivity index (χ1v) is 10.2. The van der Waals surface area contributed by atoms with E-state index < -0.39 is 5.97 Å². The standard InChI is InChI=1S/C21H30N4O4/c1-16-5-6-17(21(28)29-2)13-18(16)22-19(26)14-23-9-11-24(12-10-23)15-20(27)25-7-3-4-8-25/h5-6,13H,3-4,7-12,14-15H2,1-2H3,(H,22,26). The van der Waals surface area contributed by atoms with Gasteiger partial charge in [-0.2, -0.15) is 0 Å². The Morgan fingerprint density at radius 3 is 2.21 bits per heavy atom. The van der Waals surface area contributed by atoms with E-state index in [2.05, 4.69) is 15.1 Å². The number of nitrogens with zero attached hydrogens (tertiary/aromatic N) is 3. The molecular formula is C21H30N4O4. The highest BCUT2D eigenvalue weighted by atomic mass is 16.5. The van der Waals surface area contributed by atoms with Crippen molar-refractivity contribution in [2.45, 2.75) is 19.8 Å². The summed E-state index contributed by atoms with van der Waals surface area (Å²) in [5.41, 5.74) is 1.91. The quantitative estimate of drug-likeness (QED) is 0.714. The number of nitrogens with one attached hydrogen (secondary N) is 1. The summed E-state index contributed by atoms with van der Waals surface area (Å²) < 4.78 is 4.74. The number of rotatable bonds is 6. The van der Waals surface area contributed by atoms with Gasteiger partial charge in [-0.3, -0.25) is 19.4 Å². The van der Waals surface area contributed by atoms with Crippen LogP contribution in [-0.2, 0) is 14.3 Å². The highest BCUT2D eigenvalue weighted by Crippen LogP contribution is 2.18. The SMILES string of the molecule is COC(=O)c1ccc(C)c(NC(=O)CN2CCN(CC(=O)N3CCCC3)CC2)c1. The van der Waals surface area contributed by atoms with Crippen LogP contribution < -0.4 is 5.32 Å². The molecule has 0 spiro atoms. The third-order valence-electron chi connectivity index (χ3n) is 5.58. The van der Waals surface area contributed by atoms with E-state index >= 15 is 0 Å². The maximum Gasteiger partial charge on any atom is 0.337 e. The summed E-state index contributed by atoms with van der Waals surface area (Å²) in [4.78, 5) is 42.7. The molecule has 0 aliphatic carbocycles. The topological polar surface area (TPSA) is 82.2 Å². The summed E-state index contributed by atoms with van der Waals surface area (Å²) in [6.45, 7) is 7.48. The second-order valence-corrected chi connectivity index (χ2v) is 7.71. The van der Waals surface area contributed by atoms with E-state index in [1.54, 1.807) is 18.2 Å². The average molecular weight is 402 g/mol. The molecule has 0 aromatic heterocycles. The number of hydrogen-bond acceptors (Lipinski definition) is 6. The number of hydrogen-bond donors (Lipinski definition) is 1. The van der Waals surface area contributed by atoms with Crippen LogP contribution in [0.1, 0.15) is 28.8 Å². The second kappa shape index (κ2) is 9.84. The van der Waals surface area contributed by atoms with E-state index in [4.69, 9.17) is 4.74 Å². The molecular weight excluding hydrogens is 372 g/mol. The van der Waals surface area contributed by atoms with Gasteiger partial charge >= 0.3 is 5.97 Å². The molecule has 8 heteroatoms. The fourth-order valence-electron chi connectivity index (χ4n) is 3.76. The number of amides is 2. The molecule has 8 nitrogen and oxygen atoms in total. The van der Waals surface area contributed by atoms with Gasteiger partial charge in [-0.15, -0.1) is 0 Å². The summed E-state index contributed by atoms with van der Waals surface area (Å²) in [6.07, 6.45) is 2.22. The van der Waals surface area contributed by atoms with Gasteiger partial charge in [-0.05, 0) is 37.5 Å². The highest BCUT2D eigenvalue weighted by Gasteiger charge is 2.24. The van der Waals surface area contributed by atoms with Crippen LogP contribution in [0.5, 0.6) is 0 Å². The molecule has 1 N–H and O–H groups in total. The zero-order valence-corrected chi connectivity index (χ0v) is 17.3. The molecule has 29 heavy (non-hydrogen) atoms. The van der Waals surface area contributed by atoms with Crippen molar-refractivity contribution in [3.05, 3.63) is 29.3 Å². The molecule has 3 rings (SSSR count). The molecule has 0 atom stereocenters. The van der Waals surface area contributed by atoms with Gasteiger partial charge in [-0.25, -0.2) is 4.79 Å². The van der Waals surface area contributed by atoms with Crippen LogP contribution in [0.3, 0.4) is 0 Å². The maximum absolute atomic E-state index is 12.5. The first-order valence-electron chi connectivity index (χ1n) is 10.2. The lowest BCUT2D eigenvalue weighted by Crippen LogP contribution is -2.51. The van der Waals surface area contributed by atoms with Gasteiger partial charge in [0.25, 0.3) is 0 Å². The summed E-state index contributed by atoms with van der Waals surface area (Å²) in [7, 11) is 1.33. The van der Waals surface area contributed by atoms with Crippen molar-refractivity contribution in [3.63, 3.8) is 0 Å². The minimum atomic E-state index is -0.430. The maximum atomic E-state index is 12.5. The van der Waals surface area contributed by atoms with E-state index in [-0.39, 0.29) is 18.4 Å². The number of esters is 1. The fraction of sp³-hybridized carbons (Fsp3) is 0.571. The van der Waals surface area contributed by atoms with Crippen LogP contribution >= 0.6 is 0 Å². The van der Waals surface area contributed by atoms with Crippen molar-refractivity contribution in [1.29, 1.82) is 0 Å². The Morgan fingerprint density at radius 2 is 1.59 bits per heavy atom. The lowest BCUT2D eigenvalue weighted by Gasteiger charge is -2.34. The molecule has 1 aromatic rings. The van der Waals surface area contributed by atoms with E-state index in [1.807, 2.05) is 11.8 Å². The van der Waals surface area contributed by atoms with Crippen LogP contribution in [-0.4, -0.2) is 92.0 Å². The van der Waals surface area contributed by atoms with Crippen molar-refractivity contribution >= 4 is 23.5 Å². The first kappa shape index (κ1) is 21.3. The third kappa shape index (κ3) is 5.77. The number of ether oxygens (including phenoxy) is 1. The van der Waals surface area contributed by atoms with Crippen molar-refractivity contribution in [3.8, 4) is 0 Å². The predicted octanol–water partition coefficient (Wildman–Crippen LogP) is 0.960. The molecule has 2 fully saturated rings. The highest BCUT2D eigenvalue weighted by molar-refractivity contribution is 5.96. The zero-order valence-electron chi connectivity index (χ0n) is 17.3. The van der Waals surface area contributed by atoms with Gasteiger partial charge < -0.3 is 15.0 Å². The van der Waals surface area contributed by atoms with Crippen molar-refractivity contribution in [2.24, 2.45) is 0 Å². The molecule has 0 bridgehead atoms. The minimum absolute atomic E-state index is 0.114. The normalized spacial score (nSPS) is 17.9. The Kier molecular flexibility index (Phi) is 7.22. The lowest BCUT2D eigenvalue weighted by molar-refractivity contribution is -0.132. The molecule has 2 aliphatic rings. The molecule has 2 saturated heterocycles. The van der Waals surface area contributed by atoms with Crippen molar-refractivity contribution in [1.82, 2.24) is 14.7 Å². The van der Waals surface area contributed by atoms with Gasteiger partial charge in [0.2, 0.25) is 11.8 Å². The summed E-state index contributed by atoms with van der Waals surface area (Å²) in [5, 5.41) is 2.89. The van der Waals surface area contributed by atoms with Crippen LogP contribution in [0, 0.1) is 6.92 Å². The van der Waals surface area contributed by atoms with Crippen LogP contribution in [0.15, 0.2) is 18.2 Å². The van der Waals surface area contributed by atoms with E-state index in [0.29, 0.717) is 17.8 Å². The van der Waals surface area contributed by atoms with Crippen molar-refractivity contribution < 1.29 is 19.1 Å². The van der Waals surface area contributed by atoms with Gasteiger partial charge in [-0.1, -0.05) is 6.07 Å². The number of benzene rings is 1. The molecule has 0 unspecified atom stereocenters. The third-order valence-corrected chi connectivity index (χ3v) is 5.58. The van der Waals surface area contributed by atoms with Crippen LogP contribution in [0.4, 0.5) is 5.69 Å². The predicted molar refractivity (Wildman–Crippen MR) is 110 cm³/mol. The van der Waals surface area contributed by atoms with Crippen LogP contribution in [0.2, 0.25) is 0 Å². The lowest BCUT2D eigenvalue weighted by atomic mass is 10.1. The molecule has 1 aromatic carbocycles. The number of carbonyl (C=O) groups is 3. The van der Waals surface area contributed by atoms with Gasteiger partial charge in [0.1, 0.15) is 0 Å².